The first kappa shape index (κ1) is 14.5. The molecule has 0 bridgehead atoms. The molecule has 0 heterocycles. The van der Waals surface area contributed by atoms with Crippen molar-refractivity contribution in [1.29, 1.82) is 0 Å². The molecule has 20 heavy (non-hydrogen) atoms. The van der Waals surface area contributed by atoms with Crippen LogP contribution in [0.2, 0.25) is 0 Å². The fraction of sp³-hybridized carbons (Fsp3) is 0.294. The lowest BCUT2D eigenvalue weighted by Crippen LogP contribution is -2.08. The standard InChI is InChI=1S/C17H20FNO/c1-12-7-8-14(11-13(12)2)17(20)9-10-19-16-6-4-3-5-15(16)18/h3-8,11,17,19-20H,9-10H2,1-2H3. The Labute approximate surface area is 119 Å². The molecule has 2 aromatic rings. The van der Waals surface area contributed by atoms with Crippen LogP contribution in [0.5, 0.6) is 0 Å². The molecule has 0 radical (unpaired) electrons. The quantitative estimate of drug-likeness (QED) is 0.863. The molecule has 0 saturated carbocycles. The largest absolute Gasteiger partial charge is 0.388 e. The summed E-state index contributed by atoms with van der Waals surface area (Å²) >= 11 is 0. The third-order valence-corrected chi connectivity index (χ3v) is 3.52. The summed E-state index contributed by atoms with van der Waals surface area (Å²) in [6, 6.07) is 12.5. The number of aliphatic hydroxyl groups excluding tert-OH is 1. The van der Waals surface area contributed by atoms with E-state index in [2.05, 4.69) is 5.32 Å². The van der Waals surface area contributed by atoms with Crippen molar-refractivity contribution in [2.24, 2.45) is 0 Å². The van der Waals surface area contributed by atoms with Crippen LogP contribution in [-0.2, 0) is 0 Å². The minimum absolute atomic E-state index is 0.270. The van der Waals surface area contributed by atoms with Crippen LogP contribution in [0.25, 0.3) is 0 Å². The van der Waals surface area contributed by atoms with E-state index in [1.165, 1.54) is 17.2 Å². The van der Waals surface area contributed by atoms with Crippen LogP contribution in [-0.4, -0.2) is 11.7 Å². The van der Waals surface area contributed by atoms with Gasteiger partial charge in [0.25, 0.3) is 0 Å². The molecule has 0 aliphatic carbocycles. The number of benzene rings is 2. The van der Waals surface area contributed by atoms with Gasteiger partial charge in [-0.1, -0.05) is 30.3 Å². The van der Waals surface area contributed by atoms with Gasteiger partial charge < -0.3 is 10.4 Å². The highest BCUT2D eigenvalue weighted by molar-refractivity contribution is 5.44. The van der Waals surface area contributed by atoms with Gasteiger partial charge in [0.2, 0.25) is 0 Å². The van der Waals surface area contributed by atoms with Gasteiger partial charge >= 0.3 is 0 Å². The van der Waals surface area contributed by atoms with Gasteiger partial charge in [0.1, 0.15) is 5.82 Å². The molecule has 106 valence electrons. The second kappa shape index (κ2) is 6.53. The summed E-state index contributed by atoms with van der Waals surface area (Å²) in [5.41, 5.74) is 3.76. The van der Waals surface area contributed by atoms with E-state index in [-0.39, 0.29) is 5.82 Å². The molecular weight excluding hydrogens is 253 g/mol. The Hall–Kier alpha value is -1.87. The molecular formula is C17H20FNO. The van der Waals surface area contributed by atoms with E-state index in [1.807, 2.05) is 32.0 Å². The first-order chi connectivity index (χ1) is 9.58. The fourth-order valence-electron chi connectivity index (χ4n) is 2.09. The summed E-state index contributed by atoms with van der Waals surface area (Å²) < 4.78 is 13.4. The van der Waals surface area contributed by atoms with Gasteiger partial charge in [-0.15, -0.1) is 0 Å². The van der Waals surface area contributed by atoms with Crippen LogP contribution in [0, 0.1) is 19.7 Å². The van der Waals surface area contributed by atoms with E-state index in [9.17, 15) is 9.50 Å². The Bertz CT molecular complexity index is 583. The molecule has 0 fully saturated rings. The van der Waals surface area contributed by atoms with Crippen LogP contribution >= 0.6 is 0 Å². The van der Waals surface area contributed by atoms with E-state index < -0.39 is 6.10 Å². The number of hydrogen-bond donors (Lipinski definition) is 2. The molecule has 2 nitrogen and oxygen atoms in total. The smallest absolute Gasteiger partial charge is 0.146 e. The molecule has 1 unspecified atom stereocenters. The predicted molar refractivity (Wildman–Crippen MR) is 80.4 cm³/mol. The highest BCUT2D eigenvalue weighted by atomic mass is 19.1. The van der Waals surface area contributed by atoms with E-state index in [0.29, 0.717) is 18.7 Å². The van der Waals surface area contributed by atoms with Gasteiger partial charge in [-0.25, -0.2) is 4.39 Å². The number of aliphatic hydroxyl groups is 1. The molecule has 3 heteroatoms. The zero-order chi connectivity index (χ0) is 14.5. The van der Waals surface area contributed by atoms with Gasteiger partial charge in [-0.2, -0.15) is 0 Å². The van der Waals surface area contributed by atoms with Crippen LogP contribution in [0.3, 0.4) is 0 Å². The normalized spacial score (nSPS) is 12.2. The Balaban J connectivity index is 1.90. The average molecular weight is 273 g/mol. The van der Waals surface area contributed by atoms with Crippen molar-refractivity contribution in [3.8, 4) is 0 Å². The molecule has 0 aromatic heterocycles. The van der Waals surface area contributed by atoms with Gasteiger partial charge in [-0.3, -0.25) is 0 Å². The predicted octanol–water partition coefficient (Wildman–Crippen LogP) is 3.98. The Morgan fingerprint density at radius 1 is 1.10 bits per heavy atom. The minimum Gasteiger partial charge on any atom is -0.388 e. The molecule has 0 amide bonds. The van der Waals surface area contributed by atoms with Crippen LogP contribution in [0.1, 0.15) is 29.2 Å². The monoisotopic (exact) mass is 273 g/mol. The van der Waals surface area contributed by atoms with Gasteiger partial charge in [-0.05, 0) is 49.1 Å². The van der Waals surface area contributed by atoms with Gasteiger partial charge in [0, 0.05) is 6.54 Å². The van der Waals surface area contributed by atoms with E-state index in [0.717, 1.165) is 5.56 Å². The second-order valence-corrected chi connectivity index (χ2v) is 5.05. The van der Waals surface area contributed by atoms with Crippen LogP contribution in [0.15, 0.2) is 42.5 Å². The van der Waals surface area contributed by atoms with Gasteiger partial charge in [0.15, 0.2) is 0 Å². The van der Waals surface area contributed by atoms with Crippen molar-refractivity contribution < 1.29 is 9.50 Å². The lowest BCUT2D eigenvalue weighted by atomic mass is 10.0. The number of aryl methyl sites for hydroxylation is 2. The van der Waals surface area contributed by atoms with Gasteiger partial charge in [0.05, 0.1) is 11.8 Å². The van der Waals surface area contributed by atoms with E-state index in [4.69, 9.17) is 0 Å². The molecule has 1 atom stereocenters. The lowest BCUT2D eigenvalue weighted by molar-refractivity contribution is 0.171. The molecule has 2 N–H and O–H groups in total. The highest BCUT2D eigenvalue weighted by Crippen LogP contribution is 2.20. The highest BCUT2D eigenvalue weighted by Gasteiger charge is 2.08. The molecule has 0 aliphatic heterocycles. The zero-order valence-electron chi connectivity index (χ0n) is 11.9. The van der Waals surface area contributed by atoms with Crippen LogP contribution < -0.4 is 5.32 Å². The van der Waals surface area contributed by atoms with Crippen LogP contribution in [0.4, 0.5) is 10.1 Å². The summed E-state index contributed by atoms with van der Waals surface area (Å²) in [4.78, 5) is 0. The number of halogens is 1. The Morgan fingerprint density at radius 2 is 1.85 bits per heavy atom. The SMILES string of the molecule is Cc1ccc(C(O)CCNc2ccccc2F)cc1C. The summed E-state index contributed by atoms with van der Waals surface area (Å²) in [5.74, 6) is -0.270. The molecule has 0 aliphatic rings. The van der Waals surface area contributed by atoms with E-state index >= 15 is 0 Å². The Morgan fingerprint density at radius 3 is 2.55 bits per heavy atom. The molecule has 0 spiro atoms. The fourth-order valence-corrected chi connectivity index (χ4v) is 2.09. The third-order valence-electron chi connectivity index (χ3n) is 3.52. The molecule has 2 aromatic carbocycles. The maximum atomic E-state index is 13.4. The van der Waals surface area contributed by atoms with Crippen molar-refractivity contribution in [3.05, 3.63) is 65.0 Å². The summed E-state index contributed by atoms with van der Waals surface area (Å²) in [6.45, 7) is 4.60. The Kier molecular flexibility index (Phi) is 4.74. The summed E-state index contributed by atoms with van der Waals surface area (Å²) in [6.07, 6.45) is 0.00480. The number of hydrogen-bond acceptors (Lipinski definition) is 2. The zero-order valence-corrected chi connectivity index (χ0v) is 11.9. The number of para-hydroxylation sites is 1. The van der Waals surface area contributed by atoms with Crippen molar-refractivity contribution in [3.63, 3.8) is 0 Å². The first-order valence-electron chi connectivity index (χ1n) is 6.81. The summed E-state index contributed by atoms with van der Waals surface area (Å²) in [5, 5.41) is 13.2. The van der Waals surface area contributed by atoms with Crippen molar-refractivity contribution >= 4 is 5.69 Å². The molecule has 2 rings (SSSR count). The summed E-state index contributed by atoms with van der Waals surface area (Å²) in [7, 11) is 0. The second-order valence-electron chi connectivity index (χ2n) is 5.05. The molecule has 0 saturated heterocycles. The topological polar surface area (TPSA) is 32.3 Å². The third kappa shape index (κ3) is 3.58. The average Bonchev–Trinajstić information content (AvgIpc) is 2.44. The number of nitrogens with one attached hydrogen (secondary N) is 1. The maximum Gasteiger partial charge on any atom is 0.146 e. The number of rotatable bonds is 5. The van der Waals surface area contributed by atoms with Crippen molar-refractivity contribution in [2.45, 2.75) is 26.4 Å². The maximum absolute atomic E-state index is 13.4. The first-order valence-corrected chi connectivity index (χ1v) is 6.81. The van der Waals surface area contributed by atoms with Crippen molar-refractivity contribution in [2.75, 3.05) is 11.9 Å². The number of anilines is 1. The minimum atomic E-state index is -0.534. The lowest BCUT2D eigenvalue weighted by Gasteiger charge is -2.14. The van der Waals surface area contributed by atoms with E-state index in [1.54, 1.807) is 18.2 Å². The van der Waals surface area contributed by atoms with Crippen molar-refractivity contribution in [1.82, 2.24) is 0 Å².